The summed E-state index contributed by atoms with van der Waals surface area (Å²) < 4.78 is 6.36. The van der Waals surface area contributed by atoms with Gasteiger partial charge in [0.25, 0.3) is 0 Å². The predicted octanol–water partition coefficient (Wildman–Crippen LogP) is 4.87. The van der Waals surface area contributed by atoms with E-state index in [4.69, 9.17) is 16.0 Å². The molecule has 0 aliphatic carbocycles. The van der Waals surface area contributed by atoms with Gasteiger partial charge in [0.1, 0.15) is 5.76 Å². The van der Waals surface area contributed by atoms with Crippen LogP contribution in [-0.4, -0.2) is 5.78 Å². The molecule has 2 aromatic rings. The van der Waals surface area contributed by atoms with E-state index in [1.807, 2.05) is 19.1 Å². The van der Waals surface area contributed by atoms with Crippen LogP contribution in [0.2, 0.25) is 5.02 Å². The smallest absolute Gasteiger partial charge is 0.194 e. The zero-order valence-electron chi connectivity index (χ0n) is 9.38. The Morgan fingerprint density at radius 2 is 2.06 bits per heavy atom. The van der Waals surface area contributed by atoms with E-state index in [1.54, 1.807) is 12.1 Å². The Balaban J connectivity index is 2.52. The zero-order valence-corrected chi connectivity index (χ0v) is 11.7. The quantitative estimate of drug-likeness (QED) is 0.740. The normalized spacial score (nSPS) is 10.6. The Morgan fingerprint density at radius 1 is 1.35 bits per heavy atom. The molecule has 88 valence electrons. The number of hydrogen-bond donors (Lipinski definition) is 0. The standard InChI is InChI=1S/C13H10BrClO2/c1-7-5-10(14)9(6-11(7)15)13-4-3-12(17-13)8(2)16/h3-6H,1-2H3. The van der Waals surface area contributed by atoms with E-state index in [0.717, 1.165) is 15.6 Å². The number of halogens is 2. The lowest BCUT2D eigenvalue weighted by Crippen LogP contribution is -1.86. The Bertz CT molecular complexity index is 587. The lowest BCUT2D eigenvalue weighted by molar-refractivity contribution is 0.0988. The Hall–Kier alpha value is -1.06. The average molecular weight is 314 g/mol. The topological polar surface area (TPSA) is 30.2 Å². The van der Waals surface area contributed by atoms with E-state index in [-0.39, 0.29) is 5.78 Å². The summed E-state index contributed by atoms with van der Waals surface area (Å²) in [5, 5.41) is 0.670. The molecule has 0 atom stereocenters. The van der Waals surface area contributed by atoms with E-state index in [9.17, 15) is 4.79 Å². The SMILES string of the molecule is CC(=O)c1ccc(-c2cc(Cl)c(C)cc2Br)o1. The Morgan fingerprint density at radius 3 is 2.65 bits per heavy atom. The summed E-state index contributed by atoms with van der Waals surface area (Å²) in [6.45, 7) is 3.40. The van der Waals surface area contributed by atoms with Crippen molar-refractivity contribution in [1.82, 2.24) is 0 Å². The number of Topliss-reactive ketones (excluding diaryl/α,β-unsaturated/α-hetero) is 1. The number of hydrogen-bond acceptors (Lipinski definition) is 2. The van der Waals surface area contributed by atoms with Crippen LogP contribution in [0.3, 0.4) is 0 Å². The molecule has 0 saturated heterocycles. The molecule has 0 aliphatic rings. The van der Waals surface area contributed by atoms with Crippen molar-refractivity contribution in [3.63, 3.8) is 0 Å². The van der Waals surface area contributed by atoms with Crippen LogP contribution in [0.5, 0.6) is 0 Å². The highest BCUT2D eigenvalue weighted by Gasteiger charge is 2.12. The summed E-state index contributed by atoms with van der Waals surface area (Å²) >= 11 is 9.54. The van der Waals surface area contributed by atoms with Crippen LogP contribution in [0.15, 0.2) is 33.2 Å². The van der Waals surface area contributed by atoms with Gasteiger partial charge in [0.2, 0.25) is 0 Å². The van der Waals surface area contributed by atoms with Gasteiger partial charge in [-0.3, -0.25) is 4.79 Å². The molecule has 0 radical (unpaired) electrons. The summed E-state index contributed by atoms with van der Waals surface area (Å²) in [6.07, 6.45) is 0. The fourth-order valence-corrected chi connectivity index (χ4v) is 2.32. The van der Waals surface area contributed by atoms with Crippen LogP contribution in [0, 0.1) is 6.92 Å². The van der Waals surface area contributed by atoms with Crippen molar-refractivity contribution in [3.05, 3.63) is 45.1 Å². The van der Waals surface area contributed by atoms with Gasteiger partial charge in [0, 0.05) is 22.0 Å². The van der Waals surface area contributed by atoms with E-state index in [0.29, 0.717) is 16.5 Å². The highest BCUT2D eigenvalue weighted by Crippen LogP contribution is 2.34. The molecule has 1 heterocycles. The van der Waals surface area contributed by atoms with Gasteiger partial charge >= 0.3 is 0 Å². The summed E-state index contributed by atoms with van der Waals surface area (Å²) in [7, 11) is 0. The van der Waals surface area contributed by atoms with Gasteiger partial charge in [-0.25, -0.2) is 0 Å². The van der Waals surface area contributed by atoms with Crippen LogP contribution in [-0.2, 0) is 0 Å². The lowest BCUT2D eigenvalue weighted by atomic mass is 10.1. The monoisotopic (exact) mass is 312 g/mol. The number of benzene rings is 1. The Labute approximate surface area is 113 Å². The second kappa shape index (κ2) is 4.67. The largest absolute Gasteiger partial charge is 0.453 e. The minimum absolute atomic E-state index is 0.0921. The molecule has 1 aromatic heterocycles. The van der Waals surface area contributed by atoms with Gasteiger partial charge in [-0.1, -0.05) is 27.5 Å². The molecule has 2 rings (SSSR count). The van der Waals surface area contributed by atoms with Crippen LogP contribution in [0.1, 0.15) is 23.0 Å². The number of carbonyl (C=O) groups is 1. The summed E-state index contributed by atoms with van der Waals surface area (Å²) in [5.74, 6) is 0.887. The molecule has 0 amide bonds. The van der Waals surface area contributed by atoms with E-state index in [1.165, 1.54) is 6.92 Å². The first-order chi connectivity index (χ1) is 7.99. The minimum Gasteiger partial charge on any atom is -0.453 e. The van der Waals surface area contributed by atoms with Crippen LogP contribution in [0.4, 0.5) is 0 Å². The van der Waals surface area contributed by atoms with Crippen LogP contribution in [0.25, 0.3) is 11.3 Å². The van der Waals surface area contributed by atoms with Crippen molar-refractivity contribution in [1.29, 1.82) is 0 Å². The molecule has 0 saturated carbocycles. The molecular formula is C13H10BrClO2. The minimum atomic E-state index is -0.0921. The first kappa shape index (κ1) is 12.4. The van der Waals surface area contributed by atoms with Gasteiger partial charge in [-0.15, -0.1) is 0 Å². The van der Waals surface area contributed by atoms with Crippen molar-refractivity contribution in [2.75, 3.05) is 0 Å². The summed E-state index contributed by atoms with van der Waals surface area (Å²) in [4.78, 5) is 11.2. The number of furan rings is 1. The fourth-order valence-electron chi connectivity index (χ4n) is 1.51. The highest BCUT2D eigenvalue weighted by atomic mass is 79.9. The van der Waals surface area contributed by atoms with Gasteiger partial charge in [0.15, 0.2) is 11.5 Å². The molecule has 0 spiro atoms. The summed E-state index contributed by atoms with van der Waals surface area (Å²) in [6, 6.07) is 7.18. The molecule has 2 nitrogen and oxygen atoms in total. The second-order valence-electron chi connectivity index (χ2n) is 3.80. The van der Waals surface area contributed by atoms with E-state index < -0.39 is 0 Å². The number of rotatable bonds is 2. The third-order valence-corrected chi connectivity index (χ3v) is 3.53. The molecule has 0 unspecified atom stereocenters. The maximum Gasteiger partial charge on any atom is 0.194 e. The molecule has 17 heavy (non-hydrogen) atoms. The van der Waals surface area contributed by atoms with Gasteiger partial charge < -0.3 is 4.42 Å². The maximum atomic E-state index is 11.2. The molecule has 0 fully saturated rings. The van der Waals surface area contributed by atoms with Gasteiger partial charge in [-0.05, 0) is 36.8 Å². The number of aryl methyl sites for hydroxylation is 1. The molecule has 0 aliphatic heterocycles. The lowest BCUT2D eigenvalue weighted by Gasteiger charge is -2.04. The zero-order chi connectivity index (χ0) is 12.6. The first-order valence-corrected chi connectivity index (χ1v) is 6.23. The second-order valence-corrected chi connectivity index (χ2v) is 5.06. The molecule has 1 aromatic carbocycles. The van der Waals surface area contributed by atoms with Gasteiger partial charge in [-0.2, -0.15) is 0 Å². The van der Waals surface area contributed by atoms with E-state index >= 15 is 0 Å². The van der Waals surface area contributed by atoms with Crippen molar-refractivity contribution in [2.24, 2.45) is 0 Å². The molecule has 0 bridgehead atoms. The van der Waals surface area contributed by atoms with Crippen molar-refractivity contribution >= 4 is 33.3 Å². The van der Waals surface area contributed by atoms with Crippen molar-refractivity contribution in [2.45, 2.75) is 13.8 Å². The summed E-state index contributed by atoms with van der Waals surface area (Å²) in [5.41, 5.74) is 1.83. The number of carbonyl (C=O) groups excluding carboxylic acids is 1. The van der Waals surface area contributed by atoms with Crippen molar-refractivity contribution < 1.29 is 9.21 Å². The third kappa shape index (κ3) is 2.45. The Kier molecular flexibility index (Phi) is 3.40. The van der Waals surface area contributed by atoms with Crippen LogP contribution >= 0.6 is 27.5 Å². The molecule has 4 heteroatoms. The third-order valence-electron chi connectivity index (χ3n) is 2.47. The maximum absolute atomic E-state index is 11.2. The molecular weight excluding hydrogens is 303 g/mol. The highest BCUT2D eigenvalue weighted by molar-refractivity contribution is 9.10. The van der Waals surface area contributed by atoms with E-state index in [2.05, 4.69) is 15.9 Å². The van der Waals surface area contributed by atoms with Crippen LogP contribution < -0.4 is 0 Å². The van der Waals surface area contributed by atoms with Crippen molar-refractivity contribution in [3.8, 4) is 11.3 Å². The first-order valence-electron chi connectivity index (χ1n) is 5.06. The fraction of sp³-hybridized carbons (Fsp3) is 0.154. The van der Waals surface area contributed by atoms with Gasteiger partial charge in [0.05, 0.1) is 0 Å². The number of ketones is 1. The molecule has 0 N–H and O–H groups in total. The predicted molar refractivity (Wildman–Crippen MR) is 71.6 cm³/mol. The average Bonchev–Trinajstić information content (AvgIpc) is 2.72.